The Bertz CT molecular complexity index is 925. The third kappa shape index (κ3) is 2.67. The lowest BCUT2D eigenvalue weighted by atomic mass is 10.1. The average Bonchev–Trinajstić information content (AvgIpc) is 3.15. The average molecular weight is 335 g/mol. The van der Waals surface area contributed by atoms with Crippen LogP contribution in [0, 0.1) is 13.8 Å². The van der Waals surface area contributed by atoms with Gasteiger partial charge in [0.25, 0.3) is 0 Å². The highest BCUT2D eigenvalue weighted by atomic mass is 32.1. The Morgan fingerprint density at radius 1 is 1.17 bits per heavy atom. The fourth-order valence-corrected chi connectivity index (χ4v) is 3.70. The Morgan fingerprint density at radius 3 is 2.75 bits per heavy atom. The lowest BCUT2D eigenvalue weighted by molar-refractivity contribution is -0.115. The van der Waals surface area contributed by atoms with E-state index in [-0.39, 0.29) is 5.91 Å². The molecule has 1 aromatic heterocycles. The van der Waals surface area contributed by atoms with Crippen LogP contribution in [0.5, 0.6) is 0 Å². The van der Waals surface area contributed by atoms with Crippen LogP contribution in [0.2, 0.25) is 0 Å². The van der Waals surface area contributed by atoms with E-state index in [1.165, 1.54) is 11.1 Å². The van der Waals surface area contributed by atoms with Crippen LogP contribution in [0.15, 0.2) is 41.8 Å². The van der Waals surface area contributed by atoms with E-state index in [0.717, 1.165) is 33.3 Å². The van der Waals surface area contributed by atoms with Gasteiger partial charge >= 0.3 is 0 Å². The number of carbonyl (C=O) groups excluding carboxylic acids is 1. The second kappa shape index (κ2) is 5.76. The molecule has 0 fully saturated rings. The molecule has 2 N–H and O–H groups in total. The second-order valence-electron chi connectivity index (χ2n) is 6.03. The Kier molecular flexibility index (Phi) is 3.58. The lowest BCUT2D eigenvalue weighted by Crippen LogP contribution is -2.03. The smallest absolute Gasteiger partial charge is 0.228 e. The first-order valence-electron chi connectivity index (χ1n) is 7.82. The van der Waals surface area contributed by atoms with E-state index in [1.54, 1.807) is 11.3 Å². The van der Waals surface area contributed by atoms with Gasteiger partial charge in [-0.05, 0) is 42.7 Å². The molecule has 1 amide bonds. The quantitative estimate of drug-likeness (QED) is 0.731. The van der Waals surface area contributed by atoms with Crippen LogP contribution in [0.1, 0.15) is 16.7 Å². The van der Waals surface area contributed by atoms with Crippen molar-refractivity contribution < 1.29 is 4.79 Å². The van der Waals surface area contributed by atoms with Crippen molar-refractivity contribution in [1.29, 1.82) is 0 Å². The Labute approximate surface area is 144 Å². The number of nitrogens with one attached hydrogen (secondary N) is 2. The zero-order valence-corrected chi connectivity index (χ0v) is 14.3. The molecule has 3 aromatic rings. The third-order valence-corrected chi connectivity index (χ3v) is 5.00. The van der Waals surface area contributed by atoms with E-state index in [9.17, 15) is 4.79 Å². The van der Waals surface area contributed by atoms with Crippen LogP contribution in [0.4, 0.5) is 16.5 Å². The summed E-state index contributed by atoms with van der Waals surface area (Å²) < 4.78 is 0. The van der Waals surface area contributed by atoms with Crippen molar-refractivity contribution in [2.45, 2.75) is 20.3 Å². The van der Waals surface area contributed by atoms with E-state index >= 15 is 0 Å². The fourth-order valence-electron chi connectivity index (χ4n) is 2.97. The summed E-state index contributed by atoms with van der Waals surface area (Å²) in [4.78, 5) is 16.2. The zero-order valence-electron chi connectivity index (χ0n) is 13.5. The molecular formula is C19H17N3OS. The second-order valence-corrected chi connectivity index (χ2v) is 6.88. The number of hydrogen-bond donors (Lipinski definition) is 2. The normalized spacial score (nSPS) is 12.8. The summed E-state index contributed by atoms with van der Waals surface area (Å²) in [6, 6.07) is 12.2. The Hall–Kier alpha value is -2.66. The number of amides is 1. The van der Waals surface area contributed by atoms with Crippen molar-refractivity contribution >= 4 is 33.8 Å². The molecule has 4 rings (SSSR count). The van der Waals surface area contributed by atoms with Gasteiger partial charge < -0.3 is 10.6 Å². The van der Waals surface area contributed by atoms with Gasteiger partial charge in [-0.25, -0.2) is 4.98 Å². The molecule has 0 bridgehead atoms. The number of benzene rings is 2. The van der Waals surface area contributed by atoms with Crippen LogP contribution in [-0.4, -0.2) is 10.9 Å². The van der Waals surface area contributed by atoms with Crippen LogP contribution in [0.25, 0.3) is 11.3 Å². The van der Waals surface area contributed by atoms with E-state index < -0.39 is 0 Å². The number of rotatable bonds is 3. The van der Waals surface area contributed by atoms with Crippen LogP contribution in [0.3, 0.4) is 0 Å². The summed E-state index contributed by atoms with van der Waals surface area (Å²) >= 11 is 1.59. The Morgan fingerprint density at radius 2 is 1.96 bits per heavy atom. The van der Waals surface area contributed by atoms with Crippen LogP contribution < -0.4 is 10.6 Å². The highest BCUT2D eigenvalue weighted by Gasteiger charge is 2.18. The van der Waals surface area contributed by atoms with Crippen molar-refractivity contribution in [2.75, 3.05) is 10.6 Å². The molecule has 2 aromatic carbocycles. The summed E-state index contributed by atoms with van der Waals surface area (Å²) in [6.07, 6.45) is 0.445. The molecule has 24 heavy (non-hydrogen) atoms. The minimum Gasteiger partial charge on any atom is -0.331 e. The van der Waals surface area contributed by atoms with Crippen molar-refractivity contribution in [3.05, 3.63) is 58.5 Å². The molecule has 2 heterocycles. The van der Waals surface area contributed by atoms with Crippen molar-refractivity contribution in [3.63, 3.8) is 0 Å². The molecule has 0 saturated carbocycles. The monoisotopic (exact) mass is 335 g/mol. The molecule has 120 valence electrons. The summed E-state index contributed by atoms with van der Waals surface area (Å²) in [5.74, 6) is 0.0535. The number of fused-ring (bicyclic) bond motifs is 1. The number of thiazole rings is 1. The predicted octanol–water partition coefficient (Wildman–Crippen LogP) is 4.67. The molecule has 0 radical (unpaired) electrons. The number of anilines is 3. The van der Waals surface area contributed by atoms with Gasteiger partial charge in [-0.3, -0.25) is 4.79 Å². The van der Waals surface area contributed by atoms with Gasteiger partial charge in [0.05, 0.1) is 12.1 Å². The van der Waals surface area contributed by atoms with Crippen molar-refractivity contribution in [3.8, 4) is 11.3 Å². The number of para-hydroxylation sites is 1. The fraction of sp³-hybridized carbons (Fsp3) is 0.158. The topological polar surface area (TPSA) is 54.0 Å². The lowest BCUT2D eigenvalue weighted by Gasteiger charge is -2.09. The van der Waals surface area contributed by atoms with Gasteiger partial charge in [0, 0.05) is 22.3 Å². The molecule has 1 aliphatic rings. The first-order valence-corrected chi connectivity index (χ1v) is 8.70. The number of aromatic nitrogens is 1. The molecule has 5 heteroatoms. The summed E-state index contributed by atoms with van der Waals surface area (Å²) in [5, 5.41) is 9.20. The summed E-state index contributed by atoms with van der Waals surface area (Å²) in [6.45, 7) is 4.18. The van der Waals surface area contributed by atoms with Gasteiger partial charge in [0.2, 0.25) is 5.91 Å². The standard InChI is InChI=1S/C19H17N3OS/c1-11-4-3-5-12(2)18(11)22-19-21-16(10-24-19)13-6-7-15-14(8-13)9-17(23)20-15/h3-8,10H,9H2,1-2H3,(H,20,23)(H,21,22). The SMILES string of the molecule is Cc1cccc(C)c1Nc1nc(-c2ccc3c(c2)CC(=O)N3)cs1. The first kappa shape index (κ1) is 14.9. The minimum atomic E-state index is 0.0535. The van der Waals surface area contributed by atoms with E-state index in [1.807, 2.05) is 23.6 Å². The van der Waals surface area contributed by atoms with Gasteiger partial charge in [-0.15, -0.1) is 11.3 Å². The van der Waals surface area contributed by atoms with Crippen molar-refractivity contribution in [1.82, 2.24) is 4.98 Å². The first-order chi connectivity index (χ1) is 11.6. The number of aryl methyl sites for hydroxylation is 2. The van der Waals surface area contributed by atoms with E-state index in [2.05, 4.69) is 42.7 Å². The van der Waals surface area contributed by atoms with Gasteiger partial charge in [0.15, 0.2) is 5.13 Å². The molecule has 0 aliphatic carbocycles. The van der Waals surface area contributed by atoms with E-state index in [4.69, 9.17) is 4.98 Å². The largest absolute Gasteiger partial charge is 0.331 e. The molecule has 0 spiro atoms. The maximum atomic E-state index is 11.5. The van der Waals surface area contributed by atoms with Gasteiger partial charge in [0.1, 0.15) is 0 Å². The predicted molar refractivity (Wildman–Crippen MR) is 99.1 cm³/mol. The number of carbonyl (C=O) groups is 1. The maximum absolute atomic E-state index is 11.5. The van der Waals surface area contributed by atoms with Gasteiger partial charge in [-0.2, -0.15) is 0 Å². The van der Waals surface area contributed by atoms with Crippen LogP contribution >= 0.6 is 11.3 Å². The number of hydrogen-bond acceptors (Lipinski definition) is 4. The summed E-state index contributed by atoms with van der Waals surface area (Å²) in [7, 11) is 0. The molecule has 0 atom stereocenters. The third-order valence-electron chi connectivity index (χ3n) is 4.24. The molecule has 0 saturated heterocycles. The molecule has 0 unspecified atom stereocenters. The van der Waals surface area contributed by atoms with Crippen molar-refractivity contribution in [2.24, 2.45) is 0 Å². The van der Waals surface area contributed by atoms with Crippen LogP contribution in [-0.2, 0) is 11.2 Å². The molecular weight excluding hydrogens is 318 g/mol. The van der Waals surface area contributed by atoms with Gasteiger partial charge in [-0.1, -0.05) is 24.3 Å². The molecule has 1 aliphatic heterocycles. The Balaban J connectivity index is 1.62. The highest BCUT2D eigenvalue weighted by molar-refractivity contribution is 7.14. The highest BCUT2D eigenvalue weighted by Crippen LogP contribution is 2.32. The molecule has 4 nitrogen and oxygen atoms in total. The maximum Gasteiger partial charge on any atom is 0.228 e. The summed E-state index contributed by atoms with van der Waals surface area (Å²) in [5.41, 5.74) is 7.43. The number of nitrogens with zero attached hydrogens (tertiary/aromatic N) is 1. The minimum absolute atomic E-state index is 0.0535. The van der Waals surface area contributed by atoms with E-state index in [0.29, 0.717) is 6.42 Å². The zero-order chi connectivity index (χ0) is 16.7.